The van der Waals surface area contributed by atoms with Gasteiger partial charge in [0.15, 0.2) is 5.83 Å². The van der Waals surface area contributed by atoms with Crippen LogP contribution in [0.25, 0.3) is 10.8 Å². The second-order valence-electron chi connectivity index (χ2n) is 13.8. The zero-order valence-corrected chi connectivity index (χ0v) is 28.3. The Kier molecular flexibility index (Phi) is 8.92. The lowest BCUT2D eigenvalue weighted by atomic mass is 9.86. The third kappa shape index (κ3) is 6.29. The van der Waals surface area contributed by atoms with Crippen molar-refractivity contribution < 1.29 is 18.7 Å². The molecule has 3 fully saturated rings. The van der Waals surface area contributed by atoms with E-state index in [-0.39, 0.29) is 24.4 Å². The van der Waals surface area contributed by atoms with Crippen molar-refractivity contribution in [3.8, 4) is 12.1 Å². The SMILES string of the molecule is C=C(F)C(=O)N1CCN(c2nc(OCC3(CN(C)C4CC4)COC3)nc3c2C[C@H](C)N(c2cccc4cccc(Cl)c24)C3)CC1CC#N. The zero-order valence-electron chi connectivity index (χ0n) is 27.5. The number of halogens is 2. The monoisotopic (exact) mass is 673 g/mol. The lowest BCUT2D eigenvalue weighted by Gasteiger charge is -2.44. The van der Waals surface area contributed by atoms with E-state index in [9.17, 15) is 14.4 Å². The van der Waals surface area contributed by atoms with Gasteiger partial charge in [0, 0.05) is 54.9 Å². The van der Waals surface area contributed by atoms with Gasteiger partial charge in [0.25, 0.3) is 5.91 Å². The van der Waals surface area contributed by atoms with Gasteiger partial charge in [-0.2, -0.15) is 15.2 Å². The fourth-order valence-corrected chi connectivity index (χ4v) is 7.75. The van der Waals surface area contributed by atoms with Crippen molar-refractivity contribution in [2.75, 3.05) is 62.8 Å². The number of ether oxygens (including phenoxy) is 2. The van der Waals surface area contributed by atoms with E-state index in [1.165, 1.54) is 17.7 Å². The van der Waals surface area contributed by atoms with Gasteiger partial charge in [0.1, 0.15) is 12.4 Å². The Labute approximate surface area is 285 Å². The highest BCUT2D eigenvalue weighted by Crippen LogP contribution is 2.40. The average molecular weight is 674 g/mol. The molecule has 4 heterocycles. The topological polar surface area (TPSA) is 98.1 Å². The van der Waals surface area contributed by atoms with Crippen LogP contribution in [0.1, 0.15) is 37.4 Å². The number of nitriles is 1. The molecule has 1 amide bonds. The van der Waals surface area contributed by atoms with E-state index in [1.807, 2.05) is 12.1 Å². The molecule has 12 heteroatoms. The van der Waals surface area contributed by atoms with E-state index in [2.05, 4.69) is 65.6 Å². The minimum Gasteiger partial charge on any atom is -0.463 e. The maximum atomic E-state index is 13.9. The predicted octanol–water partition coefficient (Wildman–Crippen LogP) is 5.14. The highest BCUT2D eigenvalue weighted by molar-refractivity contribution is 6.36. The maximum Gasteiger partial charge on any atom is 0.318 e. The molecule has 0 N–H and O–H groups in total. The number of aromatic nitrogens is 2. The second-order valence-corrected chi connectivity index (χ2v) is 14.3. The van der Waals surface area contributed by atoms with Gasteiger partial charge in [-0.25, -0.2) is 4.39 Å². The molecule has 7 rings (SSSR count). The van der Waals surface area contributed by atoms with Crippen LogP contribution in [-0.4, -0.2) is 96.8 Å². The van der Waals surface area contributed by atoms with Crippen LogP contribution in [-0.2, 0) is 22.5 Å². The first-order valence-corrected chi connectivity index (χ1v) is 17.1. The van der Waals surface area contributed by atoms with E-state index >= 15 is 0 Å². The van der Waals surface area contributed by atoms with Crippen LogP contribution in [0, 0.1) is 16.7 Å². The fraction of sp³-hybridized carbons (Fsp3) is 0.500. The minimum atomic E-state index is -1.02. The molecule has 3 aromatic rings. The van der Waals surface area contributed by atoms with Crippen LogP contribution in [0.2, 0.25) is 5.02 Å². The molecule has 0 bridgehead atoms. The van der Waals surface area contributed by atoms with Crippen molar-refractivity contribution in [1.82, 2.24) is 19.8 Å². The number of hydrogen-bond donors (Lipinski definition) is 0. The molecule has 0 spiro atoms. The fourth-order valence-electron chi connectivity index (χ4n) is 7.48. The van der Waals surface area contributed by atoms with E-state index in [1.54, 1.807) is 0 Å². The van der Waals surface area contributed by atoms with Crippen LogP contribution in [0.4, 0.5) is 15.9 Å². The van der Waals surface area contributed by atoms with Crippen LogP contribution in [0.15, 0.2) is 48.8 Å². The third-order valence-corrected chi connectivity index (χ3v) is 10.5. The Morgan fingerprint density at radius 3 is 2.69 bits per heavy atom. The second kappa shape index (κ2) is 13.1. The normalized spacial score (nSPS) is 21.9. The first kappa shape index (κ1) is 32.6. The van der Waals surface area contributed by atoms with Gasteiger partial charge in [0.2, 0.25) is 0 Å². The van der Waals surface area contributed by atoms with E-state index < -0.39 is 17.8 Å². The Balaban J connectivity index is 1.23. The lowest BCUT2D eigenvalue weighted by Crippen LogP contribution is -2.56. The first-order valence-electron chi connectivity index (χ1n) is 16.7. The molecule has 2 atom stereocenters. The van der Waals surface area contributed by atoms with Crippen molar-refractivity contribution in [1.29, 1.82) is 5.26 Å². The number of piperazine rings is 1. The molecule has 252 valence electrons. The van der Waals surface area contributed by atoms with Crippen molar-refractivity contribution >= 4 is 39.8 Å². The van der Waals surface area contributed by atoms with Crippen molar-refractivity contribution in [3.05, 3.63) is 65.1 Å². The number of amides is 1. The Hall–Kier alpha value is -3.98. The molecule has 4 aliphatic rings. The van der Waals surface area contributed by atoms with Gasteiger partial charge in [-0.05, 0) is 50.8 Å². The maximum absolute atomic E-state index is 13.9. The van der Waals surface area contributed by atoms with Crippen LogP contribution < -0.4 is 14.5 Å². The summed E-state index contributed by atoms with van der Waals surface area (Å²) < 4.78 is 26.1. The van der Waals surface area contributed by atoms with Crippen molar-refractivity contribution in [2.45, 2.75) is 57.3 Å². The van der Waals surface area contributed by atoms with E-state index in [0.717, 1.165) is 40.1 Å². The summed E-state index contributed by atoms with van der Waals surface area (Å²) in [4.78, 5) is 30.9. The van der Waals surface area contributed by atoms with Gasteiger partial charge in [-0.1, -0.05) is 42.4 Å². The molecule has 2 saturated heterocycles. The number of nitrogens with zero attached hydrogens (tertiary/aromatic N) is 7. The van der Waals surface area contributed by atoms with Gasteiger partial charge in [-0.15, -0.1) is 0 Å². The molecular formula is C36H41ClFN7O3. The van der Waals surface area contributed by atoms with Gasteiger partial charge < -0.3 is 29.1 Å². The highest BCUT2D eigenvalue weighted by atomic mass is 35.5. The summed E-state index contributed by atoms with van der Waals surface area (Å²) in [6.45, 7) is 9.47. The summed E-state index contributed by atoms with van der Waals surface area (Å²) in [6.07, 6.45) is 3.19. The summed E-state index contributed by atoms with van der Waals surface area (Å²) in [5.74, 6) is -1.06. The number of rotatable bonds is 10. The summed E-state index contributed by atoms with van der Waals surface area (Å²) in [7, 11) is 2.17. The number of carbonyl (C=O) groups excluding carboxylic acids is 1. The molecule has 1 unspecified atom stereocenters. The smallest absolute Gasteiger partial charge is 0.318 e. The molecule has 0 radical (unpaired) electrons. The zero-order chi connectivity index (χ0) is 33.6. The van der Waals surface area contributed by atoms with Crippen LogP contribution >= 0.6 is 11.6 Å². The number of hydrogen-bond acceptors (Lipinski definition) is 9. The summed E-state index contributed by atoms with van der Waals surface area (Å²) in [5, 5.41) is 12.4. The van der Waals surface area contributed by atoms with Crippen LogP contribution in [0.3, 0.4) is 0 Å². The highest BCUT2D eigenvalue weighted by Gasteiger charge is 2.43. The van der Waals surface area contributed by atoms with E-state index in [0.29, 0.717) is 63.0 Å². The third-order valence-electron chi connectivity index (χ3n) is 10.2. The minimum absolute atomic E-state index is 0.0647. The lowest BCUT2D eigenvalue weighted by molar-refractivity contribution is -0.143. The summed E-state index contributed by atoms with van der Waals surface area (Å²) in [6, 6.07) is 14.9. The van der Waals surface area contributed by atoms with Gasteiger partial charge >= 0.3 is 6.01 Å². The number of fused-ring (bicyclic) bond motifs is 2. The van der Waals surface area contributed by atoms with Gasteiger partial charge in [-0.3, -0.25) is 4.79 Å². The number of anilines is 2. The molecular weight excluding hydrogens is 633 g/mol. The quantitative estimate of drug-likeness (QED) is 0.271. The molecule has 3 aliphatic heterocycles. The van der Waals surface area contributed by atoms with Crippen LogP contribution in [0.5, 0.6) is 6.01 Å². The van der Waals surface area contributed by atoms with Crippen molar-refractivity contribution in [2.24, 2.45) is 5.41 Å². The Morgan fingerprint density at radius 1 is 1.23 bits per heavy atom. The Bertz CT molecular complexity index is 1770. The molecule has 1 aromatic heterocycles. The number of benzene rings is 2. The number of carbonyl (C=O) groups is 1. The molecule has 48 heavy (non-hydrogen) atoms. The largest absolute Gasteiger partial charge is 0.463 e. The Morgan fingerprint density at radius 2 is 2.00 bits per heavy atom. The molecule has 1 saturated carbocycles. The molecule has 10 nitrogen and oxygen atoms in total. The molecule has 2 aromatic carbocycles. The summed E-state index contributed by atoms with van der Waals surface area (Å²) >= 11 is 6.76. The summed E-state index contributed by atoms with van der Waals surface area (Å²) in [5.41, 5.74) is 2.78. The predicted molar refractivity (Wildman–Crippen MR) is 183 cm³/mol. The average Bonchev–Trinajstić information content (AvgIpc) is 3.91. The van der Waals surface area contributed by atoms with Gasteiger partial charge in [0.05, 0.1) is 54.4 Å². The molecule has 1 aliphatic carbocycles. The first-order chi connectivity index (χ1) is 23.2. The van der Waals surface area contributed by atoms with Crippen molar-refractivity contribution in [3.63, 3.8) is 0 Å². The van der Waals surface area contributed by atoms with E-state index in [4.69, 9.17) is 31.0 Å². The standard InChI is InChI=1S/C36H41ClFN7O3/c1-23-16-28-30(18-45(23)31-9-5-7-25-6-4-8-29(37)32(25)31)40-35(48-22-36(20-47-21-36)19-42(3)26-10-11-26)41-33(28)43-14-15-44(34(46)24(2)38)27(17-43)12-13-39/h4-9,23,26-27H,2,10-12,14-22H2,1,3H3/t23-,27?/m0/s1.